The Morgan fingerprint density at radius 1 is 1.16 bits per heavy atom. The highest BCUT2D eigenvalue weighted by atomic mass is 32.2. The fraction of sp³-hybridized carbons (Fsp3) is 0.458. The van der Waals surface area contributed by atoms with E-state index >= 15 is 0 Å². The van der Waals surface area contributed by atoms with Crippen LogP contribution in [0.25, 0.3) is 0 Å². The number of rotatable bonds is 7. The molecule has 0 spiro atoms. The van der Waals surface area contributed by atoms with Crippen molar-refractivity contribution in [2.45, 2.75) is 62.9 Å². The molecule has 0 radical (unpaired) electrons. The van der Waals surface area contributed by atoms with Gasteiger partial charge in [0.2, 0.25) is 5.90 Å². The predicted octanol–water partition coefficient (Wildman–Crippen LogP) is 4.19. The van der Waals surface area contributed by atoms with Crippen LogP contribution in [0, 0.1) is 5.82 Å². The largest absolute Gasteiger partial charge is 0.472 e. The minimum Gasteiger partial charge on any atom is -0.472 e. The topological polar surface area (TPSA) is 96.2 Å². The van der Waals surface area contributed by atoms with Crippen molar-refractivity contribution < 1.29 is 27.8 Å². The molecule has 6 nitrogen and oxygen atoms in total. The minimum atomic E-state index is -3.99. The van der Waals surface area contributed by atoms with Gasteiger partial charge in [-0.2, -0.15) is 0 Å². The first-order valence-corrected chi connectivity index (χ1v) is 12.1. The highest BCUT2D eigenvalue weighted by Crippen LogP contribution is 2.42. The zero-order valence-corrected chi connectivity index (χ0v) is 19.6. The van der Waals surface area contributed by atoms with Gasteiger partial charge in [-0.1, -0.05) is 42.5 Å². The molecule has 1 heterocycles. The number of hydrogen-bond acceptors (Lipinski definition) is 5. The molecule has 2 aromatic carbocycles. The lowest BCUT2D eigenvalue weighted by Crippen LogP contribution is -2.43. The number of aliphatic hydroxyl groups is 2. The molecule has 0 aromatic heterocycles. The van der Waals surface area contributed by atoms with Crippen LogP contribution in [0.4, 0.5) is 4.39 Å². The van der Waals surface area contributed by atoms with E-state index in [2.05, 4.69) is 4.40 Å². The van der Waals surface area contributed by atoms with E-state index in [4.69, 9.17) is 4.74 Å². The second-order valence-corrected chi connectivity index (χ2v) is 10.9. The fourth-order valence-electron chi connectivity index (χ4n) is 4.19. The van der Waals surface area contributed by atoms with Gasteiger partial charge in [0.05, 0.1) is 5.60 Å². The highest BCUT2D eigenvalue weighted by molar-refractivity contribution is 7.90. The maximum Gasteiger partial charge on any atom is 0.267 e. The average Bonchev–Trinajstić information content (AvgIpc) is 2.66. The fourth-order valence-corrected chi connectivity index (χ4v) is 5.96. The van der Waals surface area contributed by atoms with Gasteiger partial charge in [0.15, 0.2) is 0 Å². The van der Waals surface area contributed by atoms with E-state index in [1.54, 1.807) is 70.2 Å². The Labute approximate surface area is 188 Å². The third kappa shape index (κ3) is 5.19. The van der Waals surface area contributed by atoms with Gasteiger partial charge in [-0.15, -0.1) is 4.40 Å². The van der Waals surface area contributed by atoms with E-state index in [0.717, 1.165) is 0 Å². The summed E-state index contributed by atoms with van der Waals surface area (Å²) in [5.74, 6) is -0.899. The van der Waals surface area contributed by atoms with E-state index in [0.29, 0.717) is 16.7 Å². The summed E-state index contributed by atoms with van der Waals surface area (Å²) in [4.78, 5) is 0. The average molecular weight is 464 g/mol. The Morgan fingerprint density at radius 2 is 1.78 bits per heavy atom. The monoisotopic (exact) mass is 463 g/mol. The van der Waals surface area contributed by atoms with Crippen LogP contribution in [0.2, 0.25) is 0 Å². The molecule has 1 aliphatic rings. The molecule has 8 heteroatoms. The van der Waals surface area contributed by atoms with Gasteiger partial charge in [0.25, 0.3) is 10.0 Å². The van der Waals surface area contributed by atoms with Crippen molar-refractivity contribution in [3.8, 4) is 0 Å². The Hall–Kier alpha value is -2.29. The number of nitrogens with zero attached hydrogens (tertiary/aromatic N) is 1. The summed E-state index contributed by atoms with van der Waals surface area (Å²) in [6, 6.07) is 12.9. The molecule has 32 heavy (non-hydrogen) atoms. The van der Waals surface area contributed by atoms with Crippen LogP contribution in [-0.4, -0.2) is 36.7 Å². The summed E-state index contributed by atoms with van der Waals surface area (Å²) in [5, 5.41) is 18.6. The summed E-state index contributed by atoms with van der Waals surface area (Å²) >= 11 is 0. The number of benzene rings is 2. The third-order valence-corrected chi connectivity index (χ3v) is 7.60. The molecule has 0 bridgehead atoms. The Kier molecular flexibility index (Phi) is 6.79. The van der Waals surface area contributed by atoms with Crippen molar-refractivity contribution in [1.82, 2.24) is 0 Å². The number of hydrogen-bond donors (Lipinski definition) is 2. The Balaban J connectivity index is 1.94. The lowest BCUT2D eigenvalue weighted by Gasteiger charge is -2.38. The van der Waals surface area contributed by atoms with Gasteiger partial charge in [-0.05, 0) is 62.8 Å². The molecule has 0 aliphatic carbocycles. The predicted molar refractivity (Wildman–Crippen MR) is 121 cm³/mol. The Bertz CT molecular complexity index is 1090. The zero-order valence-electron chi connectivity index (χ0n) is 18.7. The van der Waals surface area contributed by atoms with Gasteiger partial charge in [0.1, 0.15) is 16.7 Å². The van der Waals surface area contributed by atoms with E-state index in [1.807, 2.05) is 0 Å². The number of halogens is 1. The quantitative estimate of drug-likeness (QED) is 0.642. The maximum atomic E-state index is 14.3. The lowest BCUT2D eigenvalue weighted by atomic mass is 9.91. The van der Waals surface area contributed by atoms with Crippen LogP contribution < -0.4 is 0 Å². The first-order valence-electron chi connectivity index (χ1n) is 10.5. The van der Waals surface area contributed by atoms with Crippen molar-refractivity contribution in [3.05, 3.63) is 71.0 Å². The van der Waals surface area contributed by atoms with E-state index < -0.39 is 38.2 Å². The molecule has 3 rings (SSSR count). The molecule has 1 unspecified atom stereocenters. The summed E-state index contributed by atoms with van der Waals surface area (Å²) in [6.45, 7) is 6.48. The van der Waals surface area contributed by atoms with Crippen molar-refractivity contribution in [2.75, 3.05) is 6.61 Å². The van der Waals surface area contributed by atoms with Crippen molar-refractivity contribution in [2.24, 2.45) is 4.40 Å². The van der Waals surface area contributed by atoms with E-state index in [-0.39, 0.29) is 25.3 Å². The standard InChI is InChI=1S/C24H30FNO5S/c1-23(2,28)18-11-9-16(10-12-18)22-24(3,4)31-21(26-32(22,29)30)15-17(13-14-27)19-7-5-6-8-20(19)25/h5-12,17,22,27-28H,13-15H2,1-4H3/t17-,22?/m1/s1. The Morgan fingerprint density at radius 3 is 2.31 bits per heavy atom. The molecular weight excluding hydrogens is 433 g/mol. The maximum absolute atomic E-state index is 14.3. The summed E-state index contributed by atoms with van der Waals surface area (Å²) < 4.78 is 50.7. The molecule has 0 fully saturated rings. The van der Waals surface area contributed by atoms with Crippen molar-refractivity contribution >= 4 is 15.9 Å². The first kappa shape index (κ1) is 24.4. The molecule has 0 amide bonds. The third-order valence-electron chi connectivity index (χ3n) is 5.70. The van der Waals surface area contributed by atoms with E-state index in [9.17, 15) is 23.0 Å². The molecular formula is C24H30FNO5S. The number of aliphatic hydroxyl groups excluding tert-OH is 1. The van der Waals surface area contributed by atoms with Gasteiger partial charge in [0, 0.05) is 13.0 Å². The molecule has 0 saturated carbocycles. The van der Waals surface area contributed by atoms with Gasteiger partial charge in [-0.3, -0.25) is 0 Å². The smallest absolute Gasteiger partial charge is 0.267 e. The minimum absolute atomic E-state index is 0.000986. The van der Waals surface area contributed by atoms with E-state index in [1.165, 1.54) is 6.07 Å². The SMILES string of the molecule is CC(C)(O)c1ccc(C2C(C)(C)OC(C[C@@H](CCO)c3ccccc3F)=NS2(=O)=O)cc1. The summed E-state index contributed by atoms with van der Waals surface area (Å²) in [5.41, 5.74) is -0.630. The van der Waals surface area contributed by atoms with Gasteiger partial charge >= 0.3 is 0 Å². The van der Waals surface area contributed by atoms with Crippen LogP contribution in [0.1, 0.15) is 68.4 Å². The van der Waals surface area contributed by atoms with Gasteiger partial charge in [-0.25, -0.2) is 12.8 Å². The zero-order chi connectivity index (χ0) is 23.7. The first-order chi connectivity index (χ1) is 14.8. The van der Waals surface area contributed by atoms with Crippen LogP contribution in [-0.2, 0) is 20.4 Å². The number of sulfonamides is 1. The van der Waals surface area contributed by atoms with Crippen molar-refractivity contribution in [3.63, 3.8) is 0 Å². The lowest BCUT2D eigenvalue weighted by molar-refractivity contribution is 0.0779. The second kappa shape index (κ2) is 8.92. The molecule has 2 aromatic rings. The number of ether oxygens (including phenoxy) is 1. The molecule has 2 atom stereocenters. The molecule has 174 valence electrons. The molecule has 1 aliphatic heterocycles. The van der Waals surface area contributed by atoms with Crippen LogP contribution in [0.3, 0.4) is 0 Å². The van der Waals surface area contributed by atoms with Crippen LogP contribution in [0.5, 0.6) is 0 Å². The van der Waals surface area contributed by atoms with Crippen molar-refractivity contribution in [1.29, 1.82) is 0 Å². The summed E-state index contributed by atoms with van der Waals surface area (Å²) in [6.07, 6.45) is 0.292. The normalized spacial score (nSPS) is 20.8. The summed E-state index contributed by atoms with van der Waals surface area (Å²) in [7, 11) is -3.99. The van der Waals surface area contributed by atoms with Gasteiger partial charge < -0.3 is 14.9 Å². The molecule has 0 saturated heterocycles. The van der Waals surface area contributed by atoms with Crippen LogP contribution >= 0.6 is 0 Å². The molecule has 2 N–H and O–H groups in total. The van der Waals surface area contributed by atoms with Crippen LogP contribution in [0.15, 0.2) is 52.9 Å². The highest BCUT2D eigenvalue weighted by Gasteiger charge is 2.47. The second-order valence-electron chi connectivity index (χ2n) is 9.20.